The molecule has 2 heteroatoms. The molecule has 1 aromatic heterocycles. The first-order valence-corrected chi connectivity index (χ1v) is 4.42. The Bertz CT molecular complexity index is 290. The predicted molar refractivity (Wildman–Crippen MR) is 42.2 cm³/mol. The zero-order chi connectivity index (χ0) is 7.42. The molecular formula is C9H12N2. The summed E-state index contributed by atoms with van der Waals surface area (Å²) in [6.07, 6.45) is 5.36. The minimum Gasteiger partial charge on any atom is -0.334 e. The second-order valence-electron chi connectivity index (χ2n) is 3.73. The Morgan fingerprint density at radius 2 is 2.64 bits per heavy atom. The standard InChI is InChI=1S/C9H12N2/c1-2-6-7-4-11-5-10-3-8(11)9(6)7/h3,5-7,9H,2,4H2,1H3. The third kappa shape index (κ3) is 0.561. The second-order valence-corrected chi connectivity index (χ2v) is 3.73. The molecule has 58 valence electrons. The van der Waals surface area contributed by atoms with Gasteiger partial charge in [0.15, 0.2) is 0 Å². The van der Waals surface area contributed by atoms with Gasteiger partial charge in [0.2, 0.25) is 0 Å². The van der Waals surface area contributed by atoms with E-state index in [-0.39, 0.29) is 0 Å². The van der Waals surface area contributed by atoms with E-state index >= 15 is 0 Å². The third-order valence-electron chi connectivity index (χ3n) is 3.30. The molecule has 3 atom stereocenters. The van der Waals surface area contributed by atoms with E-state index in [4.69, 9.17) is 0 Å². The van der Waals surface area contributed by atoms with Gasteiger partial charge >= 0.3 is 0 Å². The number of fused-ring (bicyclic) bond motifs is 3. The summed E-state index contributed by atoms with van der Waals surface area (Å²) in [5, 5.41) is 0. The van der Waals surface area contributed by atoms with Crippen molar-refractivity contribution in [2.75, 3.05) is 0 Å². The van der Waals surface area contributed by atoms with Crippen LogP contribution in [0.2, 0.25) is 0 Å². The highest BCUT2D eigenvalue weighted by molar-refractivity contribution is 5.25. The normalized spacial score (nSPS) is 38.5. The average Bonchev–Trinajstić information content (AvgIpc) is 2.45. The molecule has 0 radical (unpaired) electrons. The maximum Gasteiger partial charge on any atom is 0.0948 e. The van der Waals surface area contributed by atoms with Crippen molar-refractivity contribution in [3.63, 3.8) is 0 Å². The minimum atomic E-state index is 0.877. The number of hydrogen-bond acceptors (Lipinski definition) is 1. The van der Waals surface area contributed by atoms with Crippen molar-refractivity contribution >= 4 is 0 Å². The fraction of sp³-hybridized carbons (Fsp3) is 0.667. The van der Waals surface area contributed by atoms with Gasteiger partial charge in [-0.25, -0.2) is 4.98 Å². The molecule has 3 unspecified atom stereocenters. The Morgan fingerprint density at radius 1 is 1.73 bits per heavy atom. The number of rotatable bonds is 1. The Kier molecular flexibility index (Phi) is 0.888. The van der Waals surface area contributed by atoms with Crippen molar-refractivity contribution in [2.45, 2.75) is 25.8 Å². The van der Waals surface area contributed by atoms with Crippen LogP contribution in [0.4, 0.5) is 0 Å². The largest absolute Gasteiger partial charge is 0.334 e. The van der Waals surface area contributed by atoms with Gasteiger partial charge in [-0.2, -0.15) is 0 Å². The Balaban J connectivity index is 1.99. The lowest BCUT2D eigenvalue weighted by Crippen LogP contribution is -1.98. The summed E-state index contributed by atoms with van der Waals surface area (Å²) in [7, 11) is 0. The molecule has 0 spiro atoms. The SMILES string of the molecule is CCC1C2Cn3cncc3C12. The van der Waals surface area contributed by atoms with Crippen LogP contribution in [-0.2, 0) is 6.54 Å². The highest BCUT2D eigenvalue weighted by atomic mass is 15.1. The summed E-state index contributed by atoms with van der Waals surface area (Å²) in [6.45, 7) is 3.53. The maximum absolute atomic E-state index is 4.15. The Hall–Kier alpha value is -0.790. The molecule has 1 aromatic rings. The molecule has 1 aliphatic heterocycles. The highest BCUT2D eigenvalue weighted by Gasteiger charge is 2.54. The Morgan fingerprint density at radius 3 is 3.45 bits per heavy atom. The maximum atomic E-state index is 4.15. The van der Waals surface area contributed by atoms with Crippen LogP contribution in [0.25, 0.3) is 0 Å². The molecule has 0 N–H and O–H groups in total. The summed E-state index contributed by atoms with van der Waals surface area (Å²) >= 11 is 0. The molecule has 1 aliphatic carbocycles. The molecule has 0 saturated heterocycles. The number of nitrogens with zero attached hydrogens (tertiary/aromatic N) is 2. The molecule has 1 fully saturated rings. The van der Waals surface area contributed by atoms with E-state index in [1.54, 1.807) is 0 Å². The van der Waals surface area contributed by atoms with E-state index in [9.17, 15) is 0 Å². The van der Waals surface area contributed by atoms with Gasteiger partial charge in [0, 0.05) is 24.4 Å². The number of hydrogen-bond donors (Lipinski definition) is 0. The van der Waals surface area contributed by atoms with Gasteiger partial charge in [-0.05, 0) is 11.8 Å². The van der Waals surface area contributed by atoms with E-state index in [0.29, 0.717) is 0 Å². The average molecular weight is 148 g/mol. The van der Waals surface area contributed by atoms with Crippen LogP contribution in [0.1, 0.15) is 25.0 Å². The van der Waals surface area contributed by atoms with Crippen molar-refractivity contribution in [3.05, 3.63) is 18.2 Å². The van der Waals surface area contributed by atoms with Crippen molar-refractivity contribution in [2.24, 2.45) is 11.8 Å². The fourth-order valence-corrected chi connectivity index (χ4v) is 2.68. The van der Waals surface area contributed by atoms with E-state index in [2.05, 4.69) is 16.5 Å². The minimum absolute atomic E-state index is 0.877. The number of aromatic nitrogens is 2. The molecule has 0 aromatic carbocycles. The molecule has 3 rings (SSSR count). The van der Waals surface area contributed by atoms with Crippen LogP contribution in [0.15, 0.2) is 12.5 Å². The molecule has 2 heterocycles. The molecule has 2 aliphatic rings. The molecule has 1 saturated carbocycles. The lowest BCUT2D eigenvalue weighted by Gasteiger charge is -2.02. The topological polar surface area (TPSA) is 17.8 Å². The van der Waals surface area contributed by atoms with Crippen LogP contribution in [0, 0.1) is 11.8 Å². The van der Waals surface area contributed by atoms with E-state index in [1.165, 1.54) is 18.7 Å². The highest BCUT2D eigenvalue weighted by Crippen LogP contribution is 2.60. The molecule has 0 bridgehead atoms. The predicted octanol–water partition coefficient (Wildman–Crippen LogP) is 1.64. The molecule has 2 nitrogen and oxygen atoms in total. The van der Waals surface area contributed by atoms with Crippen molar-refractivity contribution in [1.82, 2.24) is 9.55 Å². The molecule has 0 amide bonds. The monoisotopic (exact) mass is 148 g/mol. The van der Waals surface area contributed by atoms with Gasteiger partial charge in [-0.15, -0.1) is 0 Å². The second kappa shape index (κ2) is 1.68. The first-order valence-electron chi connectivity index (χ1n) is 4.42. The van der Waals surface area contributed by atoms with Gasteiger partial charge < -0.3 is 4.57 Å². The Labute approximate surface area is 66.2 Å². The van der Waals surface area contributed by atoms with E-state index in [1.807, 2.05) is 12.5 Å². The summed E-state index contributed by atoms with van der Waals surface area (Å²) in [6, 6.07) is 0. The quantitative estimate of drug-likeness (QED) is 0.592. The van der Waals surface area contributed by atoms with Gasteiger partial charge in [0.1, 0.15) is 0 Å². The van der Waals surface area contributed by atoms with Gasteiger partial charge in [-0.3, -0.25) is 0 Å². The fourth-order valence-electron chi connectivity index (χ4n) is 2.68. The lowest BCUT2D eigenvalue weighted by molar-refractivity contribution is 0.571. The molecule has 11 heavy (non-hydrogen) atoms. The van der Waals surface area contributed by atoms with Crippen LogP contribution in [0.3, 0.4) is 0 Å². The third-order valence-corrected chi connectivity index (χ3v) is 3.30. The van der Waals surface area contributed by atoms with Crippen molar-refractivity contribution in [1.29, 1.82) is 0 Å². The molecular weight excluding hydrogens is 136 g/mol. The summed E-state index contributed by atoms with van der Waals surface area (Å²) in [5.74, 6) is 2.83. The smallest absolute Gasteiger partial charge is 0.0948 e. The van der Waals surface area contributed by atoms with Crippen molar-refractivity contribution < 1.29 is 0 Å². The van der Waals surface area contributed by atoms with Crippen LogP contribution >= 0.6 is 0 Å². The van der Waals surface area contributed by atoms with Crippen LogP contribution in [0.5, 0.6) is 0 Å². The van der Waals surface area contributed by atoms with Crippen molar-refractivity contribution in [3.8, 4) is 0 Å². The summed E-state index contributed by atoms with van der Waals surface area (Å²) in [4.78, 5) is 4.15. The van der Waals surface area contributed by atoms with E-state index in [0.717, 1.165) is 17.8 Å². The lowest BCUT2D eigenvalue weighted by atomic mass is 10.2. The van der Waals surface area contributed by atoms with Crippen LogP contribution < -0.4 is 0 Å². The van der Waals surface area contributed by atoms with Crippen LogP contribution in [-0.4, -0.2) is 9.55 Å². The number of imidazole rings is 1. The first-order chi connectivity index (χ1) is 5.42. The van der Waals surface area contributed by atoms with Gasteiger partial charge in [0.25, 0.3) is 0 Å². The van der Waals surface area contributed by atoms with Gasteiger partial charge in [-0.1, -0.05) is 13.3 Å². The van der Waals surface area contributed by atoms with E-state index < -0.39 is 0 Å². The zero-order valence-corrected chi connectivity index (χ0v) is 6.70. The summed E-state index contributed by atoms with van der Waals surface area (Å²) < 4.78 is 2.31. The van der Waals surface area contributed by atoms with Gasteiger partial charge in [0.05, 0.1) is 6.33 Å². The zero-order valence-electron chi connectivity index (χ0n) is 6.70. The first kappa shape index (κ1) is 5.81. The summed E-state index contributed by atoms with van der Waals surface area (Å²) in [5.41, 5.74) is 1.49.